The number of amides is 3. The van der Waals surface area contributed by atoms with Crippen LogP contribution in [0.1, 0.15) is 45.1 Å². The quantitative estimate of drug-likeness (QED) is 0.561. The third kappa shape index (κ3) is 4.72. The fraction of sp³-hybridized carbons (Fsp3) is 0.524. The van der Waals surface area contributed by atoms with Gasteiger partial charge in [-0.25, -0.2) is 4.79 Å². The number of alkyl halides is 3. The van der Waals surface area contributed by atoms with Crippen LogP contribution in [0.5, 0.6) is 0 Å². The number of esters is 1. The van der Waals surface area contributed by atoms with Crippen molar-refractivity contribution in [1.82, 2.24) is 4.90 Å². The van der Waals surface area contributed by atoms with Gasteiger partial charge in [0.2, 0.25) is 11.8 Å². The lowest BCUT2D eigenvalue weighted by Gasteiger charge is -2.23. The molecule has 1 saturated heterocycles. The predicted molar refractivity (Wildman–Crippen MR) is 102 cm³/mol. The van der Waals surface area contributed by atoms with E-state index in [9.17, 15) is 32.3 Å². The highest BCUT2D eigenvalue weighted by Gasteiger charge is 2.51. The summed E-state index contributed by atoms with van der Waals surface area (Å²) < 4.78 is 43.5. The highest BCUT2D eigenvalue weighted by Crippen LogP contribution is 2.39. The summed E-state index contributed by atoms with van der Waals surface area (Å²) in [4.78, 5) is 50.9. The summed E-state index contributed by atoms with van der Waals surface area (Å²) in [5.41, 5.74) is -1.04. The Morgan fingerprint density at radius 2 is 1.68 bits per heavy atom. The van der Waals surface area contributed by atoms with E-state index in [0.29, 0.717) is 12.8 Å². The second-order valence-corrected chi connectivity index (χ2v) is 7.87. The molecule has 1 saturated carbocycles. The van der Waals surface area contributed by atoms with Crippen molar-refractivity contribution in [2.75, 3.05) is 5.32 Å². The molecule has 1 aliphatic carbocycles. The van der Waals surface area contributed by atoms with Crippen molar-refractivity contribution in [3.63, 3.8) is 0 Å². The highest BCUT2D eigenvalue weighted by molar-refractivity contribution is 6.08. The largest absolute Gasteiger partial charge is 0.451 e. The maximum absolute atomic E-state index is 12.8. The predicted octanol–water partition coefficient (Wildman–Crippen LogP) is 3.14. The zero-order chi connectivity index (χ0) is 22.9. The van der Waals surface area contributed by atoms with Crippen LogP contribution >= 0.6 is 0 Å². The van der Waals surface area contributed by atoms with Crippen LogP contribution < -0.4 is 5.32 Å². The number of nitrogens with zero attached hydrogens (tertiary/aromatic N) is 1. The molecule has 3 amide bonds. The van der Waals surface area contributed by atoms with Crippen molar-refractivity contribution in [1.29, 1.82) is 0 Å². The summed E-state index contributed by atoms with van der Waals surface area (Å²) in [5, 5.41) is 2.26. The molecule has 1 aliphatic heterocycles. The molecule has 168 valence electrons. The molecule has 2 fully saturated rings. The number of carbonyl (C=O) groups is 4. The first kappa shape index (κ1) is 22.8. The molecule has 0 bridgehead atoms. The monoisotopic (exact) mass is 440 g/mol. The molecule has 1 heterocycles. The Morgan fingerprint density at radius 3 is 2.23 bits per heavy atom. The molecule has 0 spiro atoms. The Hall–Kier alpha value is -2.91. The number of nitrogens with one attached hydrogen (secondary N) is 1. The Morgan fingerprint density at radius 1 is 1.10 bits per heavy atom. The van der Waals surface area contributed by atoms with Gasteiger partial charge in [-0.05, 0) is 44.9 Å². The zero-order valence-electron chi connectivity index (χ0n) is 17.1. The van der Waals surface area contributed by atoms with E-state index < -0.39 is 59.4 Å². The first-order valence-electron chi connectivity index (χ1n) is 10.1. The summed E-state index contributed by atoms with van der Waals surface area (Å²) in [7, 11) is 0. The van der Waals surface area contributed by atoms with Crippen LogP contribution in [-0.2, 0) is 30.1 Å². The summed E-state index contributed by atoms with van der Waals surface area (Å²) in [6, 6.07) is 2.84. The third-order valence-corrected chi connectivity index (χ3v) is 5.72. The molecule has 4 unspecified atom stereocenters. The molecule has 1 N–H and O–H groups in total. The molecule has 0 aromatic heterocycles. The number of anilines is 1. The second-order valence-electron chi connectivity index (χ2n) is 7.87. The molecule has 1 aromatic carbocycles. The Labute approximate surface area is 176 Å². The van der Waals surface area contributed by atoms with Gasteiger partial charge in [-0.1, -0.05) is 18.9 Å². The lowest BCUT2D eigenvalue weighted by atomic mass is 9.81. The number of likely N-dealkylation sites (tertiary alicyclic amines) is 1. The number of carbonyl (C=O) groups excluding carboxylic acids is 4. The summed E-state index contributed by atoms with van der Waals surface area (Å²) in [6.45, 7) is 2.61. The van der Waals surface area contributed by atoms with Crippen LogP contribution in [-0.4, -0.2) is 40.7 Å². The van der Waals surface area contributed by atoms with E-state index in [0.717, 1.165) is 35.9 Å². The molecule has 10 heteroatoms. The highest BCUT2D eigenvalue weighted by atomic mass is 19.4. The van der Waals surface area contributed by atoms with E-state index in [4.69, 9.17) is 4.74 Å². The molecule has 3 rings (SSSR count). The first-order chi connectivity index (χ1) is 14.5. The number of benzene rings is 1. The number of rotatable bonds is 5. The Kier molecular flexibility index (Phi) is 6.38. The third-order valence-electron chi connectivity index (χ3n) is 5.72. The van der Waals surface area contributed by atoms with Crippen molar-refractivity contribution >= 4 is 29.4 Å². The van der Waals surface area contributed by atoms with Crippen molar-refractivity contribution < 1.29 is 37.1 Å². The van der Waals surface area contributed by atoms with Gasteiger partial charge in [0.15, 0.2) is 6.10 Å². The lowest BCUT2D eigenvalue weighted by molar-refractivity contribution is -0.163. The van der Waals surface area contributed by atoms with Gasteiger partial charge in [0.25, 0.3) is 5.91 Å². The molecular formula is C21H23F3N2O5. The van der Waals surface area contributed by atoms with Crippen LogP contribution in [0.4, 0.5) is 18.9 Å². The number of imide groups is 1. The Balaban J connectivity index is 1.61. The SMILES string of the molecule is CC(OC(=O)C(C)N1C(=O)C2CCCCC2C1=O)C(=O)Nc1cccc(C(F)(F)F)c1. The van der Waals surface area contributed by atoms with Gasteiger partial charge in [0, 0.05) is 5.69 Å². The summed E-state index contributed by atoms with van der Waals surface area (Å²) in [6.07, 6.45) is -3.02. The standard InChI is InChI=1S/C21H23F3N2O5/c1-11(26-18(28)15-8-3-4-9-16(15)19(26)29)20(30)31-12(2)17(27)25-14-7-5-6-13(10-14)21(22,23)24/h5-7,10-12,15-16H,3-4,8-9H2,1-2H3,(H,25,27). The molecule has 7 nitrogen and oxygen atoms in total. The van der Waals surface area contributed by atoms with Crippen LogP contribution in [0.15, 0.2) is 24.3 Å². The zero-order valence-corrected chi connectivity index (χ0v) is 17.1. The number of halogens is 3. The average Bonchev–Trinajstić information content (AvgIpc) is 2.97. The number of hydrogen-bond acceptors (Lipinski definition) is 5. The minimum absolute atomic E-state index is 0.107. The smallest absolute Gasteiger partial charge is 0.416 e. The maximum atomic E-state index is 12.8. The van der Waals surface area contributed by atoms with E-state index >= 15 is 0 Å². The van der Waals surface area contributed by atoms with Crippen molar-refractivity contribution in [3.05, 3.63) is 29.8 Å². The fourth-order valence-corrected chi connectivity index (χ4v) is 4.02. The van der Waals surface area contributed by atoms with Crippen LogP contribution in [0.2, 0.25) is 0 Å². The van der Waals surface area contributed by atoms with Gasteiger partial charge < -0.3 is 10.1 Å². The van der Waals surface area contributed by atoms with Gasteiger partial charge in [-0.3, -0.25) is 19.3 Å². The van der Waals surface area contributed by atoms with Crippen molar-refractivity contribution in [2.45, 2.75) is 57.9 Å². The molecule has 1 aromatic rings. The Bertz CT molecular complexity index is 877. The van der Waals surface area contributed by atoms with E-state index in [2.05, 4.69) is 5.32 Å². The van der Waals surface area contributed by atoms with E-state index in [1.807, 2.05) is 0 Å². The van der Waals surface area contributed by atoms with Gasteiger partial charge >= 0.3 is 12.1 Å². The van der Waals surface area contributed by atoms with Gasteiger partial charge in [0.05, 0.1) is 17.4 Å². The van der Waals surface area contributed by atoms with Crippen LogP contribution in [0.25, 0.3) is 0 Å². The van der Waals surface area contributed by atoms with E-state index in [-0.39, 0.29) is 5.69 Å². The lowest BCUT2D eigenvalue weighted by Crippen LogP contribution is -2.46. The van der Waals surface area contributed by atoms with Crippen LogP contribution in [0.3, 0.4) is 0 Å². The van der Waals surface area contributed by atoms with Crippen molar-refractivity contribution in [3.8, 4) is 0 Å². The van der Waals surface area contributed by atoms with Gasteiger partial charge in [-0.15, -0.1) is 0 Å². The number of fused-ring (bicyclic) bond motifs is 1. The van der Waals surface area contributed by atoms with E-state index in [1.54, 1.807) is 0 Å². The normalized spacial score (nSPS) is 23.2. The van der Waals surface area contributed by atoms with E-state index in [1.165, 1.54) is 19.9 Å². The van der Waals surface area contributed by atoms with Crippen molar-refractivity contribution in [2.24, 2.45) is 11.8 Å². The topological polar surface area (TPSA) is 92.8 Å². The number of ether oxygens (including phenoxy) is 1. The van der Waals surface area contributed by atoms with Gasteiger partial charge in [-0.2, -0.15) is 13.2 Å². The number of hydrogen-bond donors (Lipinski definition) is 1. The maximum Gasteiger partial charge on any atom is 0.416 e. The van der Waals surface area contributed by atoms with Gasteiger partial charge in [0.1, 0.15) is 6.04 Å². The molecule has 2 aliphatic rings. The molecular weight excluding hydrogens is 417 g/mol. The average molecular weight is 440 g/mol. The molecule has 0 radical (unpaired) electrons. The molecule has 4 atom stereocenters. The fourth-order valence-electron chi connectivity index (χ4n) is 4.02. The minimum atomic E-state index is -4.57. The first-order valence-corrected chi connectivity index (χ1v) is 10.1. The summed E-state index contributed by atoms with van der Waals surface area (Å²) >= 11 is 0. The van der Waals surface area contributed by atoms with Crippen LogP contribution in [0, 0.1) is 11.8 Å². The molecule has 31 heavy (non-hydrogen) atoms. The summed E-state index contributed by atoms with van der Waals surface area (Å²) in [5.74, 6) is -3.42. The second kappa shape index (κ2) is 8.68. The minimum Gasteiger partial charge on any atom is -0.451 e.